The van der Waals surface area contributed by atoms with Crippen molar-refractivity contribution in [2.45, 2.75) is 84.0 Å². The first kappa shape index (κ1) is 45.0. The number of aromatic nitrogens is 2. The van der Waals surface area contributed by atoms with E-state index in [-0.39, 0.29) is 42.4 Å². The van der Waals surface area contributed by atoms with Gasteiger partial charge in [-0.1, -0.05) is 6.92 Å². The van der Waals surface area contributed by atoms with E-state index >= 15 is 0 Å². The van der Waals surface area contributed by atoms with Crippen LogP contribution in [-0.4, -0.2) is 104 Å². The fourth-order valence-corrected chi connectivity index (χ4v) is 7.13. The number of phenols is 1. The summed E-state index contributed by atoms with van der Waals surface area (Å²) >= 11 is 0. The lowest BCUT2D eigenvalue weighted by Crippen LogP contribution is -2.34. The van der Waals surface area contributed by atoms with Gasteiger partial charge in [0, 0.05) is 67.6 Å². The molecule has 1 atom stereocenters. The van der Waals surface area contributed by atoms with Crippen LogP contribution in [0.4, 0.5) is 0 Å². The Hall–Kier alpha value is -5.07. The summed E-state index contributed by atoms with van der Waals surface area (Å²) in [6, 6.07) is 6.68. The number of carbonyl (C=O) groups excluding carboxylic acids is 3. The topological polar surface area (TPSA) is 232 Å². The summed E-state index contributed by atoms with van der Waals surface area (Å²) in [7, 11) is 1.91. The molecular weight excluding hydrogens is 763 g/mol. The zero-order valence-corrected chi connectivity index (χ0v) is 34.2. The van der Waals surface area contributed by atoms with E-state index in [2.05, 4.69) is 10.6 Å². The maximum Gasteiger partial charge on any atom is 0.352 e. The van der Waals surface area contributed by atoms with Gasteiger partial charge in [-0.3, -0.25) is 14.4 Å². The summed E-state index contributed by atoms with van der Waals surface area (Å²) in [4.78, 5) is 56.6. The third-order valence-corrected chi connectivity index (χ3v) is 10.1. The highest BCUT2D eigenvalue weighted by molar-refractivity contribution is 5.89. The average molecular weight is 822 g/mol. The maximum atomic E-state index is 13.7. The van der Waals surface area contributed by atoms with Crippen LogP contribution in [0.2, 0.25) is 0 Å². The summed E-state index contributed by atoms with van der Waals surface area (Å²) in [6.07, 6.45) is 4.93. The number of nitrogens with zero attached hydrogens (tertiary/aromatic N) is 3. The fraction of sp³-hybridized carbons (Fsp3) is 0.548. The van der Waals surface area contributed by atoms with Crippen LogP contribution >= 0.6 is 0 Å². The van der Waals surface area contributed by atoms with Crippen molar-refractivity contribution in [3.63, 3.8) is 0 Å². The summed E-state index contributed by atoms with van der Waals surface area (Å²) in [5.74, 6) is 4.82. The van der Waals surface area contributed by atoms with Crippen molar-refractivity contribution in [3.8, 4) is 17.1 Å². The number of aromatic hydroxyl groups is 1. The molecule has 2 aliphatic rings. The van der Waals surface area contributed by atoms with Gasteiger partial charge in [0.05, 0.1) is 55.4 Å². The highest BCUT2D eigenvalue weighted by Crippen LogP contribution is 2.39. The molecule has 3 aromatic rings. The van der Waals surface area contributed by atoms with Gasteiger partial charge in [0.15, 0.2) is 0 Å². The number of esters is 2. The number of fused-ring (bicyclic) bond motifs is 5. The van der Waals surface area contributed by atoms with E-state index in [4.69, 9.17) is 40.2 Å². The number of carbonyl (C=O) groups is 3. The van der Waals surface area contributed by atoms with Crippen molar-refractivity contribution in [3.05, 3.63) is 68.8 Å². The smallest absolute Gasteiger partial charge is 0.352 e. The molecule has 0 radical (unpaired) electrons. The van der Waals surface area contributed by atoms with Gasteiger partial charge in [-0.05, 0) is 88.4 Å². The summed E-state index contributed by atoms with van der Waals surface area (Å²) in [6.45, 7) is 7.28. The Morgan fingerprint density at radius 2 is 1.69 bits per heavy atom. The van der Waals surface area contributed by atoms with E-state index in [0.717, 1.165) is 29.5 Å². The number of cyclic esters (lactones) is 1. The molecule has 1 amide bonds. The molecule has 5 rings (SSSR count). The second-order valence-corrected chi connectivity index (χ2v) is 14.6. The van der Waals surface area contributed by atoms with Gasteiger partial charge in [0.2, 0.25) is 12.0 Å². The van der Waals surface area contributed by atoms with Crippen LogP contribution in [0, 0.1) is 0 Å². The molecule has 4 heterocycles. The minimum Gasteiger partial charge on any atom is -0.508 e. The fourth-order valence-electron chi connectivity index (χ4n) is 7.13. The number of aryl methyl sites for hydroxylation is 1. The molecule has 7 N–H and O–H groups in total. The second-order valence-electron chi connectivity index (χ2n) is 14.6. The molecule has 0 spiro atoms. The molecule has 0 aliphatic carbocycles. The number of rotatable bonds is 26. The lowest BCUT2D eigenvalue weighted by atomic mass is 9.97. The lowest BCUT2D eigenvalue weighted by molar-refractivity contribution is -0.171. The van der Waals surface area contributed by atoms with Crippen molar-refractivity contribution < 1.29 is 43.2 Å². The Bertz CT molecular complexity index is 2000. The van der Waals surface area contributed by atoms with E-state index in [0.29, 0.717) is 126 Å². The van der Waals surface area contributed by atoms with Gasteiger partial charge in [0.25, 0.3) is 5.56 Å². The van der Waals surface area contributed by atoms with Crippen LogP contribution in [0.3, 0.4) is 0 Å². The Labute approximate surface area is 344 Å². The molecule has 59 heavy (non-hydrogen) atoms. The van der Waals surface area contributed by atoms with E-state index < -0.39 is 18.0 Å². The summed E-state index contributed by atoms with van der Waals surface area (Å²) in [5, 5.41) is 18.3. The number of phenolic OH excluding ortho intramolecular Hbond substituents is 1. The zero-order valence-electron chi connectivity index (χ0n) is 34.2. The predicted molar refractivity (Wildman–Crippen MR) is 220 cm³/mol. The van der Waals surface area contributed by atoms with Crippen molar-refractivity contribution in [1.29, 1.82) is 0 Å². The molecule has 0 bridgehead atoms. The van der Waals surface area contributed by atoms with E-state index in [1.165, 1.54) is 5.01 Å². The van der Waals surface area contributed by atoms with Crippen molar-refractivity contribution in [2.75, 3.05) is 66.3 Å². The molecule has 17 heteroatoms. The van der Waals surface area contributed by atoms with Crippen molar-refractivity contribution in [1.82, 2.24) is 25.2 Å². The highest BCUT2D eigenvalue weighted by atomic mass is 16.6. The van der Waals surface area contributed by atoms with E-state index in [1.807, 2.05) is 14.0 Å². The average Bonchev–Trinajstić information content (AvgIpc) is 3.58. The molecule has 1 aromatic carbocycles. The normalized spacial score (nSPS) is 14.5. The zero-order chi connectivity index (χ0) is 42.1. The molecule has 0 saturated carbocycles. The van der Waals surface area contributed by atoms with Crippen LogP contribution in [0.15, 0.2) is 41.0 Å². The van der Waals surface area contributed by atoms with Crippen LogP contribution < -0.4 is 27.8 Å². The number of pyridine rings is 2. The maximum absolute atomic E-state index is 13.7. The van der Waals surface area contributed by atoms with Gasteiger partial charge < -0.3 is 54.7 Å². The third-order valence-electron chi connectivity index (χ3n) is 10.1. The molecule has 322 valence electrons. The van der Waals surface area contributed by atoms with Gasteiger partial charge in [0.1, 0.15) is 12.4 Å². The minimum absolute atomic E-state index is 0.0163. The molecule has 2 aliphatic heterocycles. The van der Waals surface area contributed by atoms with Crippen LogP contribution in [0.25, 0.3) is 22.3 Å². The summed E-state index contributed by atoms with van der Waals surface area (Å²) in [5.41, 5.74) is 10.6. The number of ether oxygens (including phenoxy) is 5. The van der Waals surface area contributed by atoms with Gasteiger partial charge in [-0.2, -0.15) is 0 Å². The summed E-state index contributed by atoms with van der Waals surface area (Å²) < 4.78 is 29.0. The standard InChI is InChI=1S/C42H59N7O10/c1-3-30-31-23-29(50)12-13-35(31)47-39-33(30)26-49-36(39)24-32-34(41(49)53)27-58-42(54)40(32)59-38(52)11-4-5-16-48(44)25-28(43)9-6-10-37(51)46-15-8-18-56-20-22-57-21-19-55-17-7-14-45-2/h12-13,23-25,40,45,50H,3-11,14-22,26-27,43-44H2,1-2H3,(H,46,51)/b28-25-. The van der Waals surface area contributed by atoms with Gasteiger partial charge in [-0.25, -0.2) is 15.6 Å². The Morgan fingerprint density at radius 3 is 2.42 bits per heavy atom. The largest absolute Gasteiger partial charge is 0.508 e. The number of hydrogen-bond acceptors (Lipinski definition) is 15. The van der Waals surface area contributed by atoms with Crippen molar-refractivity contribution in [2.24, 2.45) is 11.6 Å². The SMILES string of the molecule is CCc1c2c(nc3ccc(O)cc13)-c1cc3c(c(=O)n1C2)COC(=O)C3OC(=O)CCCCN(N)/C=C(\N)CCCC(=O)NCCCOCCOCCOCCCNC. The van der Waals surface area contributed by atoms with Crippen LogP contribution in [0.1, 0.15) is 86.6 Å². The molecular formula is C42H59N7O10. The molecule has 1 unspecified atom stereocenters. The van der Waals surface area contributed by atoms with E-state index in [9.17, 15) is 24.3 Å². The first-order valence-electron chi connectivity index (χ1n) is 20.5. The third kappa shape index (κ3) is 12.7. The van der Waals surface area contributed by atoms with Crippen LogP contribution in [0.5, 0.6) is 5.75 Å². The Balaban J connectivity index is 0.977. The highest BCUT2D eigenvalue weighted by Gasteiger charge is 2.38. The number of nitrogens with one attached hydrogen (secondary N) is 2. The second kappa shape index (κ2) is 22.9. The van der Waals surface area contributed by atoms with Crippen LogP contribution in [-0.2, 0) is 57.6 Å². The number of hydrogen-bond donors (Lipinski definition) is 5. The number of hydrazine groups is 1. The monoisotopic (exact) mass is 821 g/mol. The first-order chi connectivity index (χ1) is 28.6. The molecule has 0 fully saturated rings. The Morgan fingerprint density at radius 1 is 0.966 bits per heavy atom. The first-order valence-corrected chi connectivity index (χ1v) is 20.5. The molecule has 0 saturated heterocycles. The van der Waals surface area contributed by atoms with Gasteiger partial charge in [-0.15, -0.1) is 0 Å². The van der Waals surface area contributed by atoms with Gasteiger partial charge >= 0.3 is 11.9 Å². The van der Waals surface area contributed by atoms with E-state index in [1.54, 1.807) is 35.0 Å². The molecule has 17 nitrogen and oxygen atoms in total. The Kier molecular flexibility index (Phi) is 17.5. The lowest BCUT2D eigenvalue weighted by Gasteiger charge is -2.25. The number of benzene rings is 1. The quantitative estimate of drug-likeness (QED) is 0.0265. The number of nitrogens with two attached hydrogens (primary N) is 2. The minimum atomic E-state index is -1.38. The number of unbranched alkanes of at least 4 members (excludes halogenated alkanes) is 1. The van der Waals surface area contributed by atoms with Crippen molar-refractivity contribution >= 4 is 28.7 Å². The predicted octanol–water partition coefficient (Wildman–Crippen LogP) is 2.82. The number of allylic oxidation sites excluding steroid dienone is 1. The number of amides is 1. The molecule has 2 aromatic heterocycles.